The number of carbonyl (C=O) groups is 1. The molecule has 27 heavy (non-hydrogen) atoms. The van der Waals surface area contributed by atoms with Crippen LogP contribution in [0.1, 0.15) is 27.6 Å². The summed E-state index contributed by atoms with van der Waals surface area (Å²) in [5, 5.41) is 10.8. The number of rotatable bonds is 4. The third-order valence-corrected chi connectivity index (χ3v) is 4.01. The van der Waals surface area contributed by atoms with E-state index in [9.17, 15) is 9.18 Å². The number of benzene rings is 1. The second-order valence-corrected chi connectivity index (χ2v) is 6.06. The fourth-order valence-corrected chi connectivity index (χ4v) is 2.71. The zero-order chi connectivity index (χ0) is 19.0. The van der Waals surface area contributed by atoms with Gasteiger partial charge in [0.05, 0.1) is 11.8 Å². The highest BCUT2D eigenvalue weighted by atomic mass is 19.1. The summed E-state index contributed by atoms with van der Waals surface area (Å²) < 4.78 is 19.7. The molecule has 1 amide bonds. The summed E-state index contributed by atoms with van der Waals surface area (Å²) in [4.78, 5) is 20.8. The molecule has 3 aromatic heterocycles. The van der Waals surface area contributed by atoms with E-state index < -0.39 is 5.91 Å². The fourth-order valence-electron chi connectivity index (χ4n) is 2.71. The quantitative estimate of drug-likeness (QED) is 0.596. The van der Waals surface area contributed by atoms with Gasteiger partial charge < -0.3 is 9.84 Å². The van der Waals surface area contributed by atoms with E-state index in [0.717, 1.165) is 17.0 Å². The first-order valence-corrected chi connectivity index (χ1v) is 8.20. The van der Waals surface area contributed by atoms with Crippen LogP contribution in [0.4, 0.5) is 4.39 Å². The third-order valence-electron chi connectivity index (χ3n) is 4.01. The van der Waals surface area contributed by atoms with E-state index in [1.54, 1.807) is 22.8 Å². The minimum absolute atomic E-state index is 0.171. The molecule has 0 aliphatic carbocycles. The summed E-state index contributed by atoms with van der Waals surface area (Å²) in [5.41, 5.74) is 3.67. The van der Waals surface area contributed by atoms with E-state index in [1.165, 1.54) is 12.1 Å². The maximum atomic E-state index is 12.9. The SMILES string of the molecule is Cc1cc(C)n2ncc(-c3noc(C(=O)NCc4ccc(F)cc4)n3)c2n1. The Kier molecular flexibility index (Phi) is 4.11. The zero-order valence-electron chi connectivity index (χ0n) is 14.6. The number of hydrogen-bond acceptors (Lipinski definition) is 6. The van der Waals surface area contributed by atoms with Crippen LogP contribution in [-0.4, -0.2) is 30.6 Å². The maximum Gasteiger partial charge on any atom is 0.316 e. The number of aryl methyl sites for hydroxylation is 2. The van der Waals surface area contributed by atoms with Crippen LogP contribution in [0.3, 0.4) is 0 Å². The summed E-state index contributed by atoms with van der Waals surface area (Å²) in [6.45, 7) is 4.02. The predicted molar refractivity (Wildman–Crippen MR) is 93.3 cm³/mol. The Morgan fingerprint density at radius 2 is 2.00 bits per heavy atom. The molecule has 3 heterocycles. The molecule has 0 atom stereocenters. The minimum Gasteiger partial charge on any atom is -0.344 e. The molecule has 0 saturated heterocycles. The molecule has 0 saturated carbocycles. The lowest BCUT2D eigenvalue weighted by molar-refractivity contribution is 0.0907. The summed E-state index contributed by atoms with van der Waals surface area (Å²) in [6, 6.07) is 7.74. The molecule has 0 aliphatic rings. The van der Waals surface area contributed by atoms with Gasteiger partial charge in [-0.05, 0) is 37.6 Å². The number of nitrogens with one attached hydrogen (secondary N) is 1. The second-order valence-electron chi connectivity index (χ2n) is 6.06. The molecule has 9 heteroatoms. The Morgan fingerprint density at radius 3 is 2.78 bits per heavy atom. The van der Waals surface area contributed by atoms with Gasteiger partial charge in [-0.15, -0.1) is 0 Å². The molecule has 136 valence electrons. The Morgan fingerprint density at radius 1 is 1.22 bits per heavy atom. The number of aromatic nitrogens is 5. The van der Waals surface area contributed by atoms with Crippen LogP contribution in [0.5, 0.6) is 0 Å². The lowest BCUT2D eigenvalue weighted by Gasteiger charge is -2.02. The van der Waals surface area contributed by atoms with E-state index in [-0.39, 0.29) is 24.1 Å². The average molecular weight is 366 g/mol. The van der Waals surface area contributed by atoms with Crippen molar-refractivity contribution in [1.29, 1.82) is 0 Å². The van der Waals surface area contributed by atoms with Crippen molar-refractivity contribution >= 4 is 11.6 Å². The van der Waals surface area contributed by atoms with Crippen LogP contribution < -0.4 is 5.32 Å². The first-order valence-electron chi connectivity index (χ1n) is 8.20. The molecule has 0 unspecified atom stereocenters. The maximum absolute atomic E-state index is 12.9. The highest BCUT2D eigenvalue weighted by Crippen LogP contribution is 2.21. The standard InChI is InChI=1S/C18H15FN6O2/c1-10-7-11(2)25-16(22-10)14(9-21-25)15-23-18(27-24-15)17(26)20-8-12-3-5-13(19)6-4-12/h3-7,9H,8H2,1-2H3,(H,20,26). The van der Waals surface area contributed by atoms with Crippen molar-refractivity contribution in [3.8, 4) is 11.4 Å². The van der Waals surface area contributed by atoms with Gasteiger partial charge in [-0.1, -0.05) is 17.3 Å². The highest BCUT2D eigenvalue weighted by molar-refractivity contribution is 5.90. The first kappa shape index (κ1) is 16.8. The monoisotopic (exact) mass is 366 g/mol. The van der Waals surface area contributed by atoms with Crippen molar-refractivity contribution in [1.82, 2.24) is 30.1 Å². The summed E-state index contributed by atoms with van der Waals surface area (Å²) in [7, 11) is 0. The average Bonchev–Trinajstić information content (AvgIpc) is 3.28. The number of halogens is 1. The lowest BCUT2D eigenvalue weighted by Crippen LogP contribution is -2.23. The van der Waals surface area contributed by atoms with E-state index in [4.69, 9.17) is 4.52 Å². The molecule has 0 fully saturated rings. The molecule has 0 aliphatic heterocycles. The van der Waals surface area contributed by atoms with Crippen molar-refractivity contribution in [2.45, 2.75) is 20.4 Å². The summed E-state index contributed by atoms with van der Waals surface area (Å²) in [5.74, 6) is -0.792. The number of fused-ring (bicyclic) bond motifs is 1. The minimum atomic E-state index is -0.519. The van der Waals surface area contributed by atoms with E-state index in [2.05, 4.69) is 25.5 Å². The van der Waals surface area contributed by atoms with Crippen LogP contribution in [0.15, 0.2) is 41.1 Å². The van der Waals surface area contributed by atoms with Gasteiger partial charge >= 0.3 is 11.8 Å². The van der Waals surface area contributed by atoms with Crippen LogP contribution in [0, 0.1) is 19.7 Å². The Labute approximate surface area is 153 Å². The van der Waals surface area contributed by atoms with Crippen LogP contribution in [0.2, 0.25) is 0 Å². The van der Waals surface area contributed by atoms with Gasteiger partial charge in [-0.25, -0.2) is 13.9 Å². The van der Waals surface area contributed by atoms with Gasteiger partial charge in [0.25, 0.3) is 0 Å². The first-order chi connectivity index (χ1) is 13.0. The predicted octanol–water partition coefficient (Wildman–Crippen LogP) is 2.47. The van der Waals surface area contributed by atoms with Crippen LogP contribution in [-0.2, 0) is 6.54 Å². The Bertz CT molecular complexity index is 1130. The lowest BCUT2D eigenvalue weighted by atomic mass is 10.2. The smallest absolute Gasteiger partial charge is 0.316 e. The molecular formula is C18H15FN6O2. The molecular weight excluding hydrogens is 351 g/mol. The third kappa shape index (κ3) is 3.26. The number of nitrogens with zero attached hydrogens (tertiary/aromatic N) is 5. The van der Waals surface area contributed by atoms with Gasteiger partial charge in [-0.3, -0.25) is 4.79 Å². The number of amides is 1. The van der Waals surface area contributed by atoms with Crippen molar-refractivity contribution in [2.75, 3.05) is 0 Å². The molecule has 8 nitrogen and oxygen atoms in total. The number of hydrogen-bond donors (Lipinski definition) is 1. The molecule has 1 N–H and O–H groups in total. The molecule has 4 rings (SSSR count). The van der Waals surface area contributed by atoms with Crippen molar-refractivity contribution in [3.05, 3.63) is 65.2 Å². The van der Waals surface area contributed by atoms with Crippen molar-refractivity contribution in [2.24, 2.45) is 0 Å². The molecule has 4 aromatic rings. The largest absolute Gasteiger partial charge is 0.344 e. The topological polar surface area (TPSA) is 98.2 Å². The molecule has 1 aromatic carbocycles. The van der Waals surface area contributed by atoms with E-state index >= 15 is 0 Å². The Balaban J connectivity index is 1.55. The molecule has 0 spiro atoms. The van der Waals surface area contributed by atoms with E-state index in [0.29, 0.717) is 11.2 Å². The molecule has 0 radical (unpaired) electrons. The van der Waals surface area contributed by atoms with E-state index in [1.807, 2.05) is 19.9 Å². The van der Waals surface area contributed by atoms with Crippen molar-refractivity contribution < 1.29 is 13.7 Å². The fraction of sp³-hybridized carbons (Fsp3) is 0.167. The number of carbonyl (C=O) groups excluding carboxylic acids is 1. The highest BCUT2D eigenvalue weighted by Gasteiger charge is 2.19. The van der Waals surface area contributed by atoms with Crippen molar-refractivity contribution in [3.63, 3.8) is 0 Å². The second kappa shape index (κ2) is 6.60. The van der Waals surface area contributed by atoms with Gasteiger partial charge in [0, 0.05) is 17.9 Å². The zero-order valence-corrected chi connectivity index (χ0v) is 14.6. The van der Waals surface area contributed by atoms with Gasteiger partial charge in [0.15, 0.2) is 5.65 Å². The summed E-state index contributed by atoms with van der Waals surface area (Å²) in [6.07, 6.45) is 1.58. The van der Waals surface area contributed by atoms with Gasteiger partial charge in [0.1, 0.15) is 5.82 Å². The Hall–Kier alpha value is -3.62. The van der Waals surface area contributed by atoms with Crippen LogP contribution >= 0.6 is 0 Å². The van der Waals surface area contributed by atoms with Crippen LogP contribution in [0.25, 0.3) is 17.0 Å². The van der Waals surface area contributed by atoms with Gasteiger partial charge in [-0.2, -0.15) is 10.1 Å². The summed E-state index contributed by atoms with van der Waals surface area (Å²) >= 11 is 0. The molecule has 0 bridgehead atoms. The van der Waals surface area contributed by atoms with Gasteiger partial charge in [0.2, 0.25) is 5.82 Å². The normalized spacial score (nSPS) is 11.1.